The second-order valence-electron chi connectivity index (χ2n) is 4.62. The average Bonchev–Trinajstić information content (AvgIpc) is 2.85. The summed E-state index contributed by atoms with van der Waals surface area (Å²) >= 11 is 0. The van der Waals surface area contributed by atoms with Gasteiger partial charge < -0.3 is 5.32 Å². The highest BCUT2D eigenvalue weighted by Gasteiger charge is 2.09. The van der Waals surface area contributed by atoms with Crippen molar-refractivity contribution in [3.05, 3.63) is 61.2 Å². The lowest BCUT2D eigenvalue weighted by molar-refractivity contribution is 1.05. The Morgan fingerprint density at radius 1 is 1.35 bits per heavy atom. The third-order valence-electron chi connectivity index (χ3n) is 3.15. The lowest BCUT2D eigenvalue weighted by Crippen LogP contribution is -2.06. The highest BCUT2D eigenvalue weighted by Crippen LogP contribution is 2.24. The number of rotatable bonds is 4. The van der Waals surface area contributed by atoms with Gasteiger partial charge in [-0.3, -0.25) is 9.55 Å². The van der Waals surface area contributed by atoms with Gasteiger partial charge in [0, 0.05) is 30.5 Å². The number of anilines is 1. The first-order valence-corrected chi connectivity index (χ1v) is 6.53. The largest absolute Gasteiger partial charge is 0.352 e. The van der Waals surface area contributed by atoms with Crippen molar-refractivity contribution in [2.24, 2.45) is 0 Å². The van der Waals surface area contributed by atoms with Gasteiger partial charge in [0.1, 0.15) is 0 Å². The van der Waals surface area contributed by atoms with Gasteiger partial charge in [-0.25, -0.2) is 4.98 Å². The third kappa shape index (κ3) is 2.16. The number of benzene rings is 1. The van der Waals surface area contributed by atoms with Crippen LogP contribution in [0, 0.1) is 6.92 Å². The molecule has 0 atom stereocenters. The molecule has 0 aliphatic heterocycles. The second kappa shape index (κ2) is 5.17. The SMILES string of the molecule is C=CCNc1nc(C)cn1-c1cccc2ccncc12. The molecule has 3 aromatic rings. The Bertz CT molecular complexity index is 753. The van der Waals surface area contributed by atoms with Crippen LogP contribution in [0.1, 0.15) is 5.69 Å². The molecule has 0 fully saturated rings. The lowest BCUT2D eigenvalue weighted by Gasteiger charge is -2.11. The minimum absolute atomic E-state index is 0.680. The lowest BCUT2D eigenvalue weighted by atomic mass is 10.1. The number of aromatic nitrogens is 3. The van der Waals surface area contributed by atoms with Crippen molar-refractivity contribution < 1.29 is 0 Å². The average molecular weight is 264 g/mol. The number of pyridine rings is 1. The van der Waals surface area contributed by atoms with Crippen molar-refractivity contribution in [2.45, 2.75) is 6.92 Å². The van der Waals surface area contributed by atoms with Crippen molar-refractivity contribution in [3.63, 3.8) is 0 Å². The Labute approximate surface area is 117 Å². The smallest absolute Gasteiger partial charge is 0.208 e. The van der Waals surface area contributed by atoms with Crippen LogP contribution in [0.25, 0.3) is 16.5 Å². The first-order valence-electron chi connectivity index (χ1n) is 6.53. The van der Waals surface area contributed by atoms with Crippen LogP contribution in [0.3, 0.4) is 0 Å². The Balaban J connectivity index is 2.18. The van der Waals surface area contributed by atoms with Gasteiger partial charge in [-0.2, -0.15) is 0 Å². The van der Waals surface area contributed by atoms with E-state index < -0.39 is 0 Å². The van der Waals surface area contributed by atoms with Gasteiger partial charge in [0.15, 0.2) is 0 Å². The van der Waals surface area contributed by atoms with E-state index in [0.717, 1.165) is 22.7 Å². The fraction of sp³-hybridized carbons (Fsp3) is 0.125. The molecule has 0 saturated carbocycles. The molecule has 0 aliphatic carbocycles. The van der Waals surface area contributed by atoms with Gasteiger partial charge >= 0.3 is 0 Å². The number of imidazole rings is 1. The number of nitrogens with zero attached hydrogens (tertiary/aromatic N) is 3. The van der Waals surface area contributed by atoms with Crippen LogP contribution in [0.15, 0.2) is 55.5 Å². The van der Waals surface area contributed by atoms with E-state index >= 15 is 0 Å². The monoisotopic (exact) mass is 264 g/mol. The topological polar surface area (TPSA) is 42.7 Å². The summed E-state index contributed by atoms with van der Waals surface area (Å²) < 4.78 is 2.06. The Hall–Kier alpha value is -2.62. The quantitative estimate of drug-likeness (QED) is 0.735. The van der Waals surface area contributed by atoms with Gasteiger partial charge in [0.05, 0.1) is 11.4 Å². The Kier molecular flexibility index (Phi) is 3.21. The van der Waals surface area contributed by atoms with E-state index in [1.807, 2.05) is 43.7 Å². The molecule has 2 heterocycles. The maximum absolute atomic E-state index is 4.52. The maximum atomic E-state index is 4.52. The summed E-state index contributed by atoms with van der Waals surface area (Å²) in [7, 11) is 0. The fourth-order valence-corrected chi connectivity index (χ4v) is 2.28. The van der Waals surface area contributed by atoms with Crippen molar-refractivity contribution in [1.29, 1.82) is 0 Å². The van der Waals surface area contributed by atoms with E-state index in [0.29, 0.717) is 6.54 Å². The molecule has 4 nitrogen and oxygen atoms in total. The van der Waals surface area contributed by atoms with E-state index in [1.54, 1.807) is 0 Å². The molecular formula is C16H16N4. The summed E-state index contributed by atoms with van der Waals surface area (Å²) in [5.74, 6) is 0.818. The van der Waals surface area contributed by atoms with E-state index in [9.17, 15) is 0 Å². The molecule has 2 aromatic heterocycles. The van der Waals surface area contributed by atoms with Crippen LogP contribution >= 0.6 is 0 Å². The van der Waals surface area contributed by atoms with E-state index in [-0.39, 0.29) is 0 Å². The van der Waals surface area contributed by atoms with Gasteiger partial charge in [-0.1, -0.05) is 18.2 Å². The summed E-state index contributed by atoms with van der Waals surface area (Å²) in [6.07, 6.45) is 7.53. The number of hydrogen-bond donors (Lipinski definition) is 1. The molecule has 1 N–H and O–H groups in total. The van der Waals surface area contributed by atoms with E-state index in [4.69, 9.17) is 0 Å². The molecule has 100 valence electrons. The molecule has 0 saturated heterocycles. The van der Waals surface area contributed by atoms with Crippen LogP contribution in [0.2, 0.25) is 0 Å². The summed E-state index contributed by atoms with van der Waals surface area (Å²) in [4.78, 5) is 8.74. The second-order valence-corrected chi connectivity index (χ2v) is 4.62. The summed E-state index contributed by atoms with van der Waals surface area (Å²) in [5, 5.41) is 5.53. The molecule has 1 aromatic carbocycles. The maximum Gasteiger partial charge on any atom is 0.208 e. The highest BCUT2D eigenvalue weighted by molar-refractivity contribution is 5.89. The van der Waals surface area contributed by atoms with Crippen LogP contribution in [0.4, 0.5) is 5.95 Å². The summed E-state index contributed by atoms with van der Waals surface area (Å²) in [6, 6.07) is 8.22. The first-order chi connectivity index (χ1) is 9.79. The van der Waals surface area contributed by atoms with Gasteiger partial charge in [-0.15, -0.1) is 6.58 Å². The first kappa shape index (κ1) is 12.4. The number of fused-ring (bicyclic) bond motifs is 1. The predicted molar refractivity (Wildman–Crippen MR) is 82.3 cm³/mol. The third-order valence-corrected chi connectivity index (χ3v) is 3.15. The molecule has 3 rings (SSSR count). The molecular weight excluding hydrogens is 248 g/mol. The normalized spacial score (nSPS) is 10.7. The van der Waals surface area contributed by atoms with Gasteiger partial charge in [-0.05, 0) is 24.4 Å². The summed E-state index contributed by atoms with van der Waals surface area (Å²) in [6.45, 7) is 6.39. The Morgan fingerprint density at radius 3 is 3.10 bits per heavy atom. The van der Waals surface area contributed by atoms with Crippen molar-refractivity contribution in [1.82, 2.24) is 14.5 Å². The number of aryl methyl sites for hydroxylation is 1. The number of nitrogens with one attached hydrogen (secondary N) is 1. The van der Waals surface area contributed by atoms with Crippen molar-refractivity contribution in [2.75, 3.05) is 11.9 Å². The molecule has 0 amide bonds. The molecule has 0 radical (unpaired) electrons. The molecule has 0 unspecified atom stereocenters. The molecule has 0 aliphatic rings. The van der Waals surface area contributed by atoms with Gasteiger partial charge in [0.2, 0.25) is 5.95 Å². The minimum atomic E-state index is 0.680. The molecule has 20 heavy (non-hydrogen) atoms. The molecule has 4 heteroatoms. The van der Waals surface area contributed by atoms with Crippen LogP contribution < -0.4 is 5.32 Å². The molecule has 0 spiro atoms. The fourth-order valence-electron chi connectivity index (χ4n) is 2.28. The van der Waals surface area contributed by atoms with E-state index in [2.05, 4.69) is 38.6 Å². The zero-order valence-electron chi connectivity index (χ0n) is 11.4. The highest BCUT2D eigenvalue weighted by atomic mass is 15.2. The van der Waals surface area contributed by atoms with E-state index in [1.165, 1.54) is 5.39 Å². The van der Waals surface area contributed by atoms with Crippen LogP contribution in [0.5, 0.6) is 0 Å². The van der Waals surface area contributed by atoms with Gasteiger partial charge in [0.25, 0.3) is 0 Å². The minimum Gasteiger partial charge on any atom is -0.352 e. The number of hydrogen-bond acceptors (Lipinski definition) is 3. The standard InChI is InChI=1S/C16H16N4/c1-3-8-18-16-19-12(2)11-20(16)15-6-4-5-13-7-9-17-10-14(13)15/h3-7,9-11H,1,8H2,2H3,(H,18,19). The summed E-state index contributed by atoms with van der Waals surface area (Å²) in [5.41, 5.74) is 2.04. The Morgan fingerprint density at radius 2 is 2.25 bits per heavy atom. The zero-order valence-corrected chi connectivity index (χ0v) is 11.4. The van der Waals surface area contributed by atoms with Crippen LogP contribution in [-0.4, -0.2) is 21.1 Å². The predicted octanol–water partition coefficient (Wildman–Crippen LogP) is 3.33. The molecule has 0 bridgehead atoms. The zero-order chi connectivity index (χ0) is 13.9. The van der Waals surface area contributed by atoms with Crippen molar-refractivity contribution >= 4 is 16.7 Å². The van der Waals surface area contributed by atoms with Crippen molar-refractivity contribution in [3.8, 4) is 5.69 Å². The van der Waals surface area contributed by atoms with Crippen LogP contribution in [-0.2, 0) is 0 Å².